The molecule has 1 aromatic carbocycles. The highest BCUT2D eigenvalue weighted by molar-refractivity contribution is 7.14. The quantitative estimate of drug-likeness (QED) is 0.130. The largest absolute Gasteiger partial charge is 0.501 e. The van der Waals surface area contributed by atoms with E-state index in [1.807, 2.05) is 53.9 Å². The molecular weight excluding hydrogens is 600 g/mol. The molecule has 0 aliphatic carbocycles. The van der Waals surface area contributed by atoms with Gasteiger partial charge in [-0.2, -0.15) is 0 Å². The number of methoxy groups -OCH3 is 1. The summed E-state index contributed by atoms with van der Waals surface area (Å²) in [6, 6.07) is 13.1. The molecule has 5 aromatic rings. The summed E-state index contributed by atoms with van der Waals surface area (Å²) in [5.41, 5.74) is -0.803. The first-order valence-electron chi connectivity index (χ1n) is 12.0. The lowest BCUT2D eigenvalue weighted by Crippen LogP contribution is -2.16. The molecular formula is C28H20N4O9S2. The lowest BCUT2D eigenvalue weighted by Gasteiger charge is -2.04. The van der Waals surface area contributed by atoms with E-state index in [-0.39, 0.29) is 11.6 Å². The van der Waals surface area contributed by atoms with Crippen LogP contribution >= 0.6 is 22.7 Å². The van der Waals surface area contributed by atoms with Gasteiger partial charge in [-0.25, -0.2) is 19.6 Å². The average Bonchev–Trinajstić information content (AvgIpc) is 3.69. The fourth-order valence-electron chi connectivity index (χ4n) is 3.53. The van der Waals surface area contributed by atoms with E-state index in [1.54, 1.807) is 11.4 Å². The van der Waals surface area contributed by atoms with E-state index in [0.717, 1.165) is 18.2 Å². The number of aromatic carboxylic acids is 1. The minimum absolute atomic E-state index is 0.0281. The van der Waals surface area contributed by atoms with Crippen LogP contribution in [0.2, 0.25) is 0 Å². The second kappa shape index (κ2) is 13.3. The highest BCUT2D eigenvalue weighted by atomic mass is 32.1. The van der Waals surface area contributed by atoms with Crippen molar-refractivity contribution in [3.05, 3.63) is 102 Å². The molecule has 15 heteroatoms. The minimum Gasteiger partial charge on any atom is -0.501 e. The maximum Gasteiger partial charge on any atom is 0.360 e. The standard InChI is InChI=1S/C17H12N2O4S.C11H8N2O5S/c20-13-12(17(22)23)18-15(19-16(13)21)14-11(8-9-24-14)7-6-10-4-2-1-3-5-10;1-18-11(17)6-7(15)10(16)13-9(12-6)8-5(4-14)2-3-19-8/h1-9,20H,(H,22,23)(H,18,19,21);2-4,15H,1H3,(H,12,13,16)/b7-6+;. The van der Waals surface area contributed by atoms with Crippen molar-refractivity contribution in [3.63, 3.8) is 0 Å². The molecule has 0 fully saturated rings. The van der Waals surface area contributed by atoms with Crippen LogP contribution in [-0.4, -0.2) is 60.6 Å². The number of carboxylic acid groups (broad SMARTS) is 1. The van der Waals surface area contributed by atoms with Crippen molar-refractivity contribution in [2.45, 2.75) is 0 Å². The topological polar surface area (TPSA) is 213 Å². The summed E-state index contributed by atoms with van der Waals surface area (Å²) in [4.78, 5) is 70.0. The van der Waals surface area contributed by atoms with Gasteiger partial charge < -0.3 is 30.0 Å². The third-order valence-corrected chi connectivity index (χ3v) is 7.45. The number of aromatic nitrogens is 4. The third kappa shape index (κ3) is 6.80. The number of carboxylic acids is 1. The Bertz CT molecular complexity index is 1960. The van der Waals surface area contributed by atoms with Crippen LogP contribution in [0.25, 0.3) is 33.6 Å². The number of ether oxygens (including phenoxy) is 1. The first-order chi connectivity index (χ1) is 20.6. The van der Waals surface area contributed by atoms with Crippen LogP contribution in [0, 0.1) is 0 Å². The molecule has 0 unspecified atom stereocenters. The molecule has 0 aliphatic rings. The number of hydrogen-bond donors (Lipinski definition) is 5. The van der Waals surface area contributed by atoms with Crippen LogP contribution in [0.15, 0.2) is 62.8 Å². The molecule has 5 rings (SSSR count). The van der Waals surface area contributed by atoms with Crippen molar-refractivity contribution in [1.82, 2.24) is 19.9 Å². The van der Waals surface area contributed by atoms with E-state index in [0.29, 0.717) is 21.6 Å². The highest BCUT2D eigenvalue weighted by Gasteiger charge is 2.21. The van der Waals surface area contributed by atoms with E-state index < -0.39 is 45.9 Å². The zero-order valence-electron chi connectivity index (χ0n) is 21.9. The van der Waals surface area contributed by atoms with Crippen LogP contribution in [-0.2, 0) is 4.74 Å². The zero-order chi connectivity index (χ0) is 31.1. The molecule has 0 amide bonds. The number of benzene rings is 1. The van der Waals surface area contributed by atoms with E-state index in [9.17, 15) is 34.2 Å². The molecule has 0 saturated carbocycles. The molecule has 0 saturated heterocycles. The van der Waals surface area contributed by atoms with Crippen molar-refractivity contribution in [2.75, 3.05) is 7.11 Å². The van der Waals surface area contributed by atoms with Crippen molar-refractivity contribution < 1.29 is 34.4 Å². The second-order valence-corrected chi connectivity index (χ2v) is 10.1. The summed E-state index contributed by atoms with van der Waals surface area (Å²) in [6.07, 6.45) is 4.37. The number of H-pyrrole nitrogens is 2. The van der Waals surface area contributed by atoms with Gasteiger partial charge in [-0.1, -0.05) is 42.5 Å². The number of aromatic hydroxyl groups is 2. The van der Waals surface area contributed by atoms with Crippen molar-refractivity contribution in [2.24, 2.45) is 0 Å². The van der Waals surface area contributed by atoms with Gasteiger partial charge in [-0.15, -0.1) is 22.7 Å². The molecule has 13 nitrogen and oxygen atoms in total. The summed E-state index contributed by atoms with van der Waals surface area (Å²) in [5, 5.41) is 31.5. The molecule has 4 heterocycles. The fourth-order valence-corrected chi connectivity index (χ4v) is 5.18. The van der Waals surface area contributed by atoms with Gasteiger partial charge in [0.1, 0.15) is 0 Å². The van der Waals surface area contributed by atoms with Gasteiger partial charge in [-0.05, 0) is 34.0 Å². The summed E-state index contributed by atoms with van der Waals surface area (Å²) in [6.45, 7) is 0. The Labute approximate surface area is 249 Å². The number of hydrogen-bond acceptors (Lipinski definition) is 12. The Morgan fingerprint density at radius 2 is 1.35 bits per heavy atom. The van der Waals surface area contributed by atoms with E-state index in [2.05, 4.69) is 24.7 Å². The first-order valence-corrected chi connectivity index (χ1v) is 13.7. The van der Waals surface area contributed by atoms with Gasteiger partial charge in [0.25, 0.3) is 11.1 Å². The number of rotatable bonds is 7. The molecule has 0 aliphatic heterocycles. The molecule has 5 N–H and O–H groups in total. The molecule has 0 atom stereocenters. The van der Waals surface area contributed by atoms with Gasteiger partial charge in [0.05, 0.1) is 16.9 Å². The number of nitrogens with one attached hydrogen (secondary N) is 2. The zero-order valence-corrected chi connectivity index (χ0v) is 23.6. The summed E-state index contributed by atoms with van der Waals surface area (Å²) in [5.74, 6) is -3.98. The number of aldehydes is 1. The summed E-state index contributed by atoms with van der Waals surface area (Å²) >= 11 is 2.49. The van der Waals surface area contributed by atoms with Gasteiger partial charge in [0.15, 0.2) is 29.3 Å². The molecule has 0 radical (unpaired) electrons. The molecule has 4 aromatic heterocycles. The van der Waals surface area contributed by atoms with Gasteiger partial charge in [0.2, 0.25) is 11.5 Å². The summed E-state index contributed by atoms with van der Waals surface area (Å²) in [7, 11) is 1.10. The Morgan fingerprint density at radius 1 is 0.814 bits per heavy atom. The first kappa shape index (κ1) is 30.3. The number of thiophene rings is 2. The smallest absolute Gasteiger partial charge is 0.360 e. The second-order valence-electron chi connectivity index (χ2n) is 8.29. The predicted molar refractivity (Wildman–Crippen MR) is 159 cm³/mol. The number of carbonyl (C=O) groups is 3. The normalized spacial score (nSPS) is 10.6. The van der Waals surface area contributed by atoms with E-state index in [4.69, 9.17) is 5.11 Å². The lowest BCUT2D eigenvalue weighted by molar-refractivity contribution is 0.0588. The van der Waals surface area contributed by atoms with Crippen LogP contribution in [0.1, 0.15) is 42.5 Å². The van der Waals surface area contributed by atoms with Gasteiger partial charge >= 0.3 is 11.9 Å². The van der Waals surface area contributed by atoms with Crippen LogP contribution in [0.4, 0.5) is 0 Å². The van der Waals surface area contributed by atoms with E-state index in [1.165, 1.54) is 22.7 Å². The minimum atomic E-state index is -1.46. The molecule has 43 heavy (non-hydrogen) atoms. The number of nitrogens with zero attached hydrogens (tertiary/aromatic N) is 2. The fraction of sp³-hybridized carbons (Fsp3) is 0.0357. The van der Waals surface area contributed by atoms with Crippen molar-refractivity contribution in [3.8, 4) is 32.9 Å². The summed E-state index contributed by atoms with van der Waals surface area (Å²) < 4.78 is 4.42. The van der Waals surface area contributed by atoms with Crippen molar-refractivity contribution >= 4 is 53.1 Å². The Balaban J connectivity index is 0.000000203. The monoisotopic (exact) mass is 620 g/mol. The molecule has 218 valence electrons. The number of aromatic amines is 2. The van der Waals surface area contributed by atoms with Crippen molar-refractivity contribution in [1.29, 1.82) is 0 Å². The predicted octanol–water partition coefficient (Wildman–Crippen LogP) is 3.88. The number of carbonyl (C=O) groups excluding carboxylic acids is 2. The maximum absolute atomic E-state index is 11.7. The Hall–Kier alpha value is -5.67. The van der Waals surface area contributed by atoms with Crippen LogP contribution in [0.3, 0.4) is 0 Å². The highest BCUT2D eigenvalue weighted by Crippen LogP contribution is 2.29. The van der Waals surface area contributed by atoms with Gasteiger partial charge in [0, 0.05) is 5.56 Å². The third-order valence-electron chi connectivity index (χ3n) is 5.57. The van der Waals surface area contributed by atoms with Gasteiger partial charge in [-0.3, -0.25) is 14.4 Å². The van der Waals surface area contributed by atoms with Crippen LogP contribution < -0.4 is 11.1 Å². The van der Waals surface area contributed by atoms with Crippen LogP contribution in [0.5, 0.6) is 11.5 Å². The average molecular weight is 621 g/mol. The molecule has 0 spiro atoms. The Morgan fingerprint density at radius 3 is 1.91 bits per heavy atom. The lowest BCUT2D eigenvalue weighted by atomic mass is 10.1. The molecule has 0 bridgehead atoms. The number of esters is 1. The maximum atomic E-state index is 11.7. The van der Waals surface area contributed by atoms with E-state index >= 15 is 0 Å². The SMILES string of the molecule is COC(=O)c1nc(-c2sccc2C=O)[nH]c(=O)c1O.O=C(O)c1nc(-c2sccc2/C=C/c2ccccc2)[nH]c(=O)c1O. The Kier molecular flexibility index (Phi) is 9.39.